The van der Waals surface area contributed by atoms with Gasteiger partial charge in [-0.3, -0.25) is 4.79 Å². The van der Waals surface area contributed by atoms with Crippen LogP contribution in [-0.4, -0.2) is 68.5 Å². The average Bonchev–Trinajstić information content (AvgIpc) is 2.78. The van der Waals surface area contributed by atoms with Crippen molar-refractivity contribution < 1.29 is 29.0 Å². The molecule has 4 atom stereocenters. The van der Waals surface area contributed by atoms with E-state index in [1.54, 1.807) is 0 Å². The molecular weight excluding hydrogens is 356 g/mol. The Morgan fingerprint density at radius 2 is 2.33 bits per heavy atom. The van der Waals surface area contributed by atoms with Gasteiger partial charge in [-0.2, -0.15) is 0 Å². The molecule has 2 amide bonds. The summed E-state index contributed by atoms with van der Waals surface area (Å²) in [6.07, 6.45) is -0.247. The van der Waals surface area contributed by atoms with Crippen molar-refractivity contribution in [1.82, 2.24) is 4.90 Å². The predicted octanol–water partition coefficient (Wildman–Crippen LogP) is 0.295. The van der Waals surface area contributed by atoms with Crippen molar-refractivity contribution in [3.8, 4) is 0 Å². The first-order valence-electron chi connectivity index (χ1n) is 7.33. The average molecular weight is 376 g/mol. The fourth-order valence-electron chi connectivity index (χ4n) is 2.78. The Labute approximate surface area is 148 Å². The summed E-state index contributed by atoms with van der Waals surface area (Å²) < 4.78 is 9.41. The van der Waals surface area contributed by atoms with Gasteiger partial charge in [-0.15, -0.1) is 23.5 Å². The van der Waals surface area contributed by atoms with E-state index in [9.17, 15) is 19.5 Å². The van der Waals surface area contributed by atoms with Crippen LogP contribution in [0, 0.1) is 0 Å². The fourth-order valence-corrected chi connectivity index (χ4v) is 6.37. The van der Waals surface area contributed by atoms with Crippen LogP contribution in [0.2, 0.25) is 0 Å². The topological polar surface area (TPSA) is 119 Å². The van der Waals surface area contributed by atoms with E-state index in [0.717, 1.165) is 0 Å². The lowest BCUT2D eigenvalue weighted by molar-refractivity contribution is -0.176. The maximum Gasteiger partial charge on any atom is 0.404 e. The quantitative estimate of drug-likeness (QED) is 0.269. The molecule has 134 valence electrons. The van der Waals surface area contributed by atoms with Gasteiger partial charge in [-0.25, -0.2) is 9.59 Å². The van der Waals surface area contributed by atoms with Crippen LogP contribution in [0.5, 0.6) is 0 Å². The number of aliphatic hydroxyl groups excluding tert-OH is 1. The summed E-state index contributed by atoms with van der Waals surface area (Å²) in [6, 6.07) is 0. The first-order chi connectivity index (χ1) is 11.4. The number of primary amides is 1. The molecule has 2 heterocycles. The number of hydrogen-bond donors (Lipinski definition) is 2. The molecule has 10 heteroatoms. The number of nitrogens with two attached hydrogens (primary N) is 1. The summed E-state index contributed by atoms with van der Waals surface area (Å²) in [5.74, 6) is -0.479. The number of nitrogens with zero attached hydrogens (tertiary/aromatic N) is 1. The lowest BCUT2D eigenvalue weighted by Gasteiger charge is -2.46. The number of carbonyl (C=O) groups excluding carboxylic acids is 3. The molecule has 2 rings (SSSR count). The van der Waals surface area contributed by atoms with Crippen LogP contribution in [0.15, 0.2) is 12.7 Å². The number of esters is 1. The summed E-state index contributed by atoms with van der Waals surface area (Å²) in [5, 5.41) is 10.2. The molecule has 3 N–H and O–H groups in total. The number of hydrogen-bond acceptors (Lipinski definition) is 8. The van der Waals surface area contributed by atoms with Crippen molar-refractivity contribution in [2.45, 2.75) is 34.9 Å². The number of rotatable bonds is 8. The van der Waals surface area contributed by atoms with E-state index in [1.165, 1.54) is 41.4 Å². The Hall–Kier alpha value is -1.39. The molecular formula is C14H20N2O6S2. The maximum atomic E-state index is 12.7. The second-order valence-corrected chi connectivity index (χ2v) is 8.12. The van der Waals surface area contributed by atoms with Gasteiger partial charge in [-0.05, 0) is 6.92 Å². The van der Waals surface area contributed by atoms with E-state index in [2.05, 4.69) is 11.3 Å². The third kappa shape index (κ3) is 3.22. The number of amides is 2. The highest BCUT2D eigenvalue weighted by atomic mass is 32.2. The van der Waals surface area contributed by atoms with Crippen molar-refractivity contribution in [2.75, 3.05) is 19.0 Å². The van der Waals surface area contributed by atoms with Crippen molar-refractivity contribution in [1.29, 1.82) is 0 Å². The second kappa shape index (κ2) is 7.66. The molecule has 0 spiro atoms. The summed E-state index contributed by atoms with van der Waals surface area (Å²) in [6.45, 7) is 5.03. The maximum absolute atomic E-state index is 12.7. The lowest BCUT2D eigenvalue weighted by atomic mass is 9.89. The zero-order valence-electron chi connectivity index (χ0n) is 13.2. The first-order valence-corrected chi connectivity index (χ1v) is 9.32. The SMILES string of the molecule is C=CCOC(=O)C1(C(C)O)C(SCCOC(N)=O)S[C@@H]2CC(=O)N21. The van der Waals surface area contributed by atoms with E-state index in [-0.39, 0.29) is 24.5 Å². The van der Waals surface area contributed by atoms with Crippen LogP contribution in [0.25, 0.3) is 0 Å². The highest BCUT2D eigenvalue weighted by Gasteiger charge is 2.68. The minimum atomic E-state index is -1.47. The molecule has 2 saturated heterocycles. The molecule has 0 radical (unpaired) electrons. The van der Waals surface area contributed by atoms with Gasteiger partial charge in [0.2, 0.25) is 5.91 Å². The van der Waals surface area contributed by atoms with Crippen molar-refractivity contribution in [2.24, 2.45) is 5.73 Å². The molecule has 0 aromatic rings. The Kier molecular flexibility index (Phi) is 6.05. The van der Waals surface area contributed by atoms with Gasteiger partial charge in [0.25, 0.3) is 0 Å². The molecule has 2 fully saturated rings. The second-order valence-electron chi connectivity index (χ2n) is 5.32. The molecule has 24 heavy (non-hydrogen) atoms. The van der Waals surface area contributed by atoms with E-state index in [0.29, 0.717) is 12.2 Å². The molecule has 0 aromatic heterocycles. The number of ether oxygens (including phenoxy) is 2. The van der Waals surface area contributed by atoms with Crippen LogP contribution >= 0.6 is 23.5 Å². The van der Waals surface area contributed by atoms with Crippen LogP contribution < -0.4 is 5.73 Å². The molecule has 0 aromatic carbocycles. The van der Waals surface area contributed by atoms with Crippen molar-refractivity contribution >= 4 is 41.5 Å². The van der Waals surface area contributed by atoms with Gasteiger partial charge in [-0.1, -0.05) is 12.7 Å². The third-order valence-electron chi connectivity index (χ3n) is 3.84. The summed E-state index contributed by atoms with van der Waals surface area (Å²) >= 11 is 2.75. The number of fused-ring (bicyclic) bond motifs is 1. The number of β-lactam (4-membered cyclic amide) rings is 1. The minimum Gasteiger partial charge on any atom is -0.460 e. The zero-order valence-corrected chi connectivity index (χ0v) is 14.8. The standard InChI is InChI=1S/C14H20N2O6S2/c1-3-4-21-11(19)14(8(2)17)12(23-6-5-22-13(15)20)24-10-7-9(18)16(10)14/h3,8,10,12,17H,1,4-7H2,2H3,(H2,15,20)/t8?,10-,12?,14?/m1/s1. The van der Waals surface area contributed by atoms with Crippen molar-refractivity contribution in [3.63, 3.8) is 0 Å². The number of carbonyl (C=O) groups is 3. The van der Waals surface area contributed by atoms with Crippen molar-refractivity contribution in [3.05, 3.63) is 12.7 Å². The van der Waals surface area contributed by atoms with Gasteiger partial charge in [0.05, 0.1) is 22.5 Å². The number of thioether (sulfide) groups is 2. The normalized spacial score (nSPS) is 29.4. The molecule has 0 bridgehead atoms. The summed E-state index contributed by atoms with van der Waals surface area (Å²) in [4.78, 5) is 36.8. The first kappa shape index (κ1) is 18.9. The van der Waals surface area contributed by atoms with Crippen LogP contribution in [-0.2, 0) is 19.1 Å². The van der Waals surface area contributed by atoms with Crippen LogP contribution in [0.4, 0.5) is 4.79 Å². The highest BCUT2D eigenvalue weighted by Crippen LogP contribution is 2.55. The minimum absolute atomic E-state index is 0.00710. The summed E-state index contributed by atoms with van der Waals surface area (Å²) in [5.41, 5.74) is 3.44. The molecule has 0 saturated carbocycles. The van der Waals surface area contributed by atoms with E-state index < -0.39 is 28.3 Å². The predicted molar refractivity (Wildman–Crippen MR) is 90.2 cm³/mol. The Balaban J connectivity index is 2.19. The monoisotopic (exact) mass is 376 g/mol. The molecule has 2 aliphatic heterocycles. The smallest absolute Gasteiger partial charge is 0.404 e. The fraction of sp³-hybridized carbons (Fsp3) is 0.643. The third-order valence-corrected chi connectivity index (χ3v) is 6.94. The van der Waals surface area contributed by atoms with Crippen LogP contribution in [0.3, 0.4) is 0 Å². The van der Waals surface area contributed by atoms with E-state index in [4.69, 9.17) is 10.5 Å². The Morgan fingerprint density at radius 3 is 2.88 bits per heavy atom. The highest BCUT2D eigenvalue weighted by molar-refractivity contribution is 8.17. The lowest BCUT2D eigenvalue weighted by Crippen LogP contribution is -2.69. The Bertz CT molecular complexity index is 543. The van der Waals surface area contributed by atoms with Gasteiger partial charge < -0.3 is 25.2 Å². The van der Waals surface area contributed by atoms with Gasteiger partial charge in [0.15, 0.2) is 5.54 Å². The summed E-state index contributed by atoms with van der Waals surface area (Å²) in [7, 11) is 0. The molecule has 8 nitrogen and oxygen atoms in total. The van der Waals surface area contributed by atoms with E-state index >= 15 is 0 Å². The molecule has 0 aliphatic carbocycles. The number of aliphatic hydroxyl groups is 1. The Morgan fingerprint density at radius 1 is 1.62 bits per heavy atom. The largest absolute Gasteiger partial charge is 0.460 e. The molecule has 3 unspecified atom stereocenters. The molecule has 2 aliphatic rings. The van der Waals surface area contributed by atoms with Gasteiger partial charge in [0, 0.05) is 5.75 Å². The van der Waals surface area contributed by atoms with Crippen LogP contribution in [0.1, 0.15) is 13.3 Å². The van der Waals surface area contributed by atoms with Gasteiger partial charge in [0.1, 0.15) is 13.2 Å². The zero-order chi connectivity index (χ0) is 17.9. The van der Waals surface area contributed by atoms with Gasteiger partial charge >= 0.3 is 12.1 Å². The van der Waals surface area contributed by atoms with E-state index in [1.807, 2.05) is 0 Å².